The summed E-state index contributed by atoms with van der Waals surface area (Å²) in [6, 6.07) is 33.9. The number of fused-ring (bicyclic) bond motifs is 2. The number of aryl methyl sites for hydroxylation is 2. The number of para-hydroxylation sites is 2. The maximum atomic E-state index is 6.67. The average Bonchev–Trinajstić information content (AvgIpc) is 2.96. The number of hydrogen-bond donors (Lipinski definition) is 0. The highest BCUT2D eigenvalue weighted by Crippen LogP contribution is 2.46. The van der Waals surface area contributed by atoms with Gasteiger partial charge in [-0.25, -0.2) is 0 Å². The van der Waals surface area contributed by atoms with E-state index in [2.05, 4.69) is 50.2 Å². The normalized spacial score (nSPS) is 11.2. The van der Waals surface area contributed by atoms with Crippen LogP contribution in [0.1, 0.15) is 63.5 Å². The van der Waals surface area contributed by atoms with Crippen LogP contribution in [0.15, 0.2) is 97.1 Å². The van der Waals surface area contributed by atoms with Crippen LogP contribution in [0.2, 0.25) is 0 Å². The molecule has 5 aromatic carbocycles. The van der Waals surface area contributed by atoms with Gasteiger partial charge in [-0.2, -0.15) is 0 Å². The third-order valence-corrected chi connectivity index (χ3v) is 7.21. The lowest BCUT2D eigenvalue weighted by atomic mass is 9.95. The van der Waals surface area contributed by atoms with Gasteiger partial charge in [0.1, 0.15) is 23.0 Å². The van der Waals surface area contributed by atoms with Gasteiger partial charge in [0, 0.05) is 21.5 Å². The van der Waals surface area contributed by atoms with E-state index < -0.39 is 0 Å². The maximum absolute atomic E-state index is 6.67. The standard InChI is InChI=1S/C36H38O2/c1-3-5-9-15-27-21-23-31-33(25-27)35(37-29-17-11-7-12-18-29)32-24-22-28(16-10-6-4-2)26-34(32)36(31)38-30-19-13-8-14-20-30/h7-8,11-14,17-26H,3-6,9-10,15-16H2,1-2H3. The molecule has 0 radical (unpaired) electrons. The van der Waals surface area contributed by atoms with Gasteiger partial charge in [0.15, 0.2) is 0 Å². The first-order chi connectivity index (χ1) is 18.8. The van der Waals surface area contributed by atoms with Crippen molar-refractivity contribution in [1.29, 1.82) is 0 Å². The summed E-state index contributed by atoms with van der Waals surface area (Å²) < 4.78 is 13.3. The van der Waals surface area contributed by atoms with E-state index in [9.17, 15) is 0 Å². The van der Waals surface area contributed by atoms with E-state index in [0.717, 1.165) is 57.4 Å². The fraction of sp³-hybridized carbons (Fsp3) is 0.278. The second-order valence-electron chi connectivity index (χ2n) is 10.2. The number of hydrogen-bond acceptors (Lipinski definition) is 2. The lowest BCUT2D eigenvalue weighted by Crippen LogP contribution is -1.96. The molecule has 0 saturated carbocycles. The van der Waals surface area contributed by atoms with Crippen LogP contribution in [-0.4, -0.2) is 0 Å². The third kappa shape index (κ3) is 6.02. The van der Waals surface area contributed by atoms with Crippen LogP contribution in [0.3, 0.4) is 0 Å². The molecule has 0 amide bonds. The largest absolute Gasteiger partial charge is 0.456 e. The van der Waals surface area contributed by atoms with Crippen molar-refractivity contribution in [2.24, 2.45) is 0 Å². The summed E-state index contributed by atoms with van der Waals surface area (Å²) in [4.78, 5) is 0. The smallest absolute Gasteiger partial charge is 0.143 e. The molecule has 0 atom stereocenters. The highest BCUT2D eigenvalue weighted by Gasteiger charge is 2.19. The van der Waals surface area contributed by atoms with E-state index >= 15 is 0 Å². The molecule has 0 heterocycles. The minimum atomic E-state index is 0.843. The maximum Gasteiger partial charge on any atom is 0.143 e. The molecular formula is C36H38O2. The molecule has 2 heteroatoms. The number of benzene rings is 5. The fourth-order valence-electron chi connectivity index (χ4n) is 5.15. The molecule has 0 N–H and O–H groups in total. The van der Waals surface area contributed by atoms with Crippen LogP contribution in [0, 0.1) is 0 Å². The summed E-state index contributed by atoms with van der Waals surface area (Å²) in [6.45, 7) is 4.50. The minimum absolute atomic E-state index is 0.843. The molecule has 0 aliphatic carbocycles. The monoisotopic (exact) mass is 502 g/mol. The third-order valence-electron chi connectivity index (χ3n) is 7.21. The summed E-state index contributed by atoms with van der Waals surface area (Å²) in [7, 11) is 0. The molecule has 0 aliphatic heterocycles. The Labute approximate surface area is 227 Å². The van der Waals surface area contributed by atoms with Crippen LogP contribution in [0.4, 0.5) is 0 Å². The zero-order valence-electron chi connectivity index (χ0n) is 22.7. The highest BCUT2D eigenvalue weighted by molar-refractivity contribution is 6.11. The van der Waals surface area contributed by atoms with E-state index in [1.54, 1.807) is 0 Å². The molecule has 194 valence electrons. The van der Waals surface area contributed by atoms with Gasteiger partial charge < -0.3 is 9.47 Å². The molecule has 0 unspecified atom stereocenters. The molecular weight excluding hydrogens is 464 g/mol. The van der Waals surface area contributed by atoms with E-state index in [0.29, 0.717) is 0 Å². The molecule has 0 aromatic heterocycles. The summed E-state index contributed by atoms with van der Waals surface area (Å²) in [5.41, 5.74) is 2.68. The number of ether oxygens (including phenoxy) is 2. The Morgan fingerprint density at radius 3 is 1.26 bits per heavy atom. The van der Waals surface area contributed by atoms with Gasteiger partial charge in [0.25, 0.3) is 0 Å². The first kappa shape index (κ1) is 25.9. The topological polar surface area (TPSA) is 18.5 Å². The summed E-state index contributed by atoms with van der Waals surface area (Å²) >= 11 is 0. The number of unbranched alkanes of at least 4 members (excludes halogenated alkanes) is 4. The van der Waals surface area contributed by atoms with Crippen molar-refractivity contribution in [3.8, 4) is 23.0 Å². The molecule has 0 fully saturated rings. The second kappa shape index (κ2) is 12.6. The van der Waals surface area contributed by atoms with Crippen molar-refractivity contribution < 1.29 is 9.47 Å². The van der Waals surface area contributed by atoms with Crippen LogP contribution >= 0.6 is 0 Å². The molecule has 5 rings (SSSR count). The summed E-state index contributed by atoms with van der Waals surface area (Å²) in [5.74, 6) is 3.49. The van der Waals surface area contributed by atoms with Crippen molar-refractivity contribution >= 4 is 21.5 Å². The van der Waals surface area contributed by atoms with E-state index in [1.165, 1.54) is 49.7 Å². The fourth-order valence-corrected chi connectivity index (χ4v) is 5.15. The van der Waals surface area contributed by atoms with E-state index in [1.807, 2.05) is 60.7 Å². The van der Waals surface area contributed by atoms with Crippen LogP contribution < -0.4 is 9.47 Å². The molecule has 5 aromatic rings. The van der Waals surface area contributed by atoms with E-state index in [4.69, 9.17) is 9.47 Å². The molecule has 0 spiro atoms. The zero-order valence-corrected chi connectivity index (χ0v) is 22.7. The highest BCUT2D eigenvalue weighted by atomic mass is 16.5. The Kier molecular flexibility index (Phi) is 8.60. The van der Waals surface area contributed by atoms with Gasteiger partial charge in [-0.05, 0) is 73.2 Å². The van der Waals surface area contributed by atoms with Crippen molar-refractivity contribution in [2.45, 2.75) is 65.2 Å². The zero-order chi connectivity index (χ0) is 26.2. The second-order valence-corrected chi connectivity index (χ2v) is 10.2. The van der Waals surface area contributed by atoms with Crippen molar-refractivity contribution in [2.75, 3.05) is 0 Å². The summed E-state index contributed by atoms with van der Waals surface area (Å²) in [6.07, 6.45) is 9.44. The first-order valence-corrected chi connectivity index (χ1v) is 14.2. The Bertz CT molecular complexity index is 1360. The Hall–Kier alpha value is -3.78. The Morgan fingerprint density at radius 2 is 0.868 bits per heavy atom. The van der Waals surface area contributed by atoms with Crippen molar-refractivity contribution in [3.63, 3.8) is 0 Å². The van der Waals surface area contributed by atoms with Gasteiger partial charge >= 0.3 is 0 Å². The van der Waals surface area contributed by atoms with Crippen LogP contribution in [0.25, 0.3) is 21.5 Å². The van der Waals surface area contributed by atoms with Gasteiger partial charge in [-0.3, -0.25) is 0 Å². The predicted octanol–water partition coefficient (Wildman–Crippen LogP) is 11.0. The lowest BCUT2D eigenvalue weighted by Gasteiger charge is -2.19. The molecule has 0 bridgehead atoms. The minimum Gasteiger partial charge on any atom is -0.456 e. The molecule has 2 nitrogen and oxygen atoms in total. The van der Waals surface area contributed by atoms with Gasteiger partial charge in [0.05, 0.1) is 0 Å². The molecule has 0 saturated heterocycles. The van der Waals surface area contributed by atoms with Crippen LogP contribution in [-0.2, 0) is 12.8 Å². The van der Waals surface area contributed by atoms with Gasteiger partial charge in [-0.1, -0.05) is 100 Å². The van der Waals surface area contributed by atoms with Crippen molar-refractivity contribution in [3.05, 3.63) is 108 Å². The van der Waals surface area contributed by atoms with Crippen LogP contribution in [0.5, 0.6) is 23.0 Å². The summed E-state index contributed by atoms with van der Waals surface area (Å²) in [5, 5.41) is 4.36. The molecule has 38 heavy (non-hydrogen) atoms. The Balaban J connectivity index is 1.72. The SMILES string of the molecule is CCCCCc1ccc2c(Oc3ccccc3)c3cc(CCCCC)ccc3c(Oc3ccccc3)c2c1. The van der Waals surface area contributed by atoms with Gasteiger partial charge in [0.2, 0.25) is 0 Å². The molecule has 0 aliphatic rings. The van der Waals surface area contributed by atoms with Crippen molar-refractivity contribution in [1.82, 2.24) is 0 Å². The van der Waals surface area contributed by atoms with Gasteiger partial charge in [-0.15, -0.1) is 0 Å². The number of rotatable bonds is 12. The lowest BCUT2D eigenvalue weighted by molar-refractivity contribution is 0.485. The Morgan fingerprint density at radius 1 is 0.447 bits per heavy atom. The van der Waals surface area contributed by atoms with E-state index in [-0.39, 0.29) is 0 Å². The quantitative estimate of drug-likeness (QED) is 0.125. The average molecular weight is 503 g/mol. The predicted molar refractivity (Wildman–Crippen MR) is 161 cm³/mol. The first-order valence-electron chi connectivity index (χ1n) is 14.2.